The van der Waals surface area contributed by atoms with Crippen LogP contribution in [0.3, 0.4) is 0 Å². The van der Waals surface area contributed by atoms with Gasteiger partial charge in [-0.3, -0.25) is 4.79 Å². The van der Waals surface area contributed by atoms with Crippen LogP contribution in [-0.2, 0) is 11.2 Å². The SMILES string of the molecule is C#CCOc1ccc(CC(C)C(=O)NCC)cc1OC. The van der Waals surface area contributed by atoms with Crippen molar-refractivity contribution in [2.75, 3.05) is 20.3 Å². The molecule has 1 N–H and O–H groups in total. The molecular weight excluding hydrogens is 254 g/mol. The first-order chi connectivity index (χ1) is 9.62. The standard InChI is InChI=1S/C16H21NO3/c1-5-9-20-14-8-7-13(11-15(14)19-4)10-12(3)16(18)17-6-2/h1,7-8,11-12H,6,9-10H2,2-4H3,(H,17,18). The molecule has 4 heteroatoms. The number of methoxy groups -OCH3 is 1. The van der Waals surface area contributed by atoms with Crippen LogP contribution in [0, 0.1) is 18.3 Å². The molecule has 0 spiro atoms. The molecule has 1 aromatic carbocycles. The first-order valence-electron chi connectivity index (χ1n) is 6.63. The Labute approximate surface area is 120 Å². The average molecular weight is 275 g/mol. The van der Waals surface area contributed by atoms with Crippen LogP contribution in [0.15, 0.2) is 18.2 Å². The third-order valence-corrected chi connectivity index (χ3v) is 2.88. The molecule has 1 aromatic rings. The fraction of sp³-hybridized carbons (Fsp3) is 0.438. The van der Waals surface area contributed by atoms with E-state index >= 15 is 0 Å². The van der Waals surface area contributed by atoms with Gasteiger partial charge in [-0.2, -0.15) is 0 Å². The Balaban J connectivity index is 2.77. The van der Waals surface area contributed by atoms with Crippen LogP contribution < -0.4 is 14.8 Å². The van der Waals surface area contributed by atoms with Crippen molar-refractivity contribution in [3.8, 4) is 23.8 Å². The van der Waals surface area contributed by atoms with Gasteiger partial charge in [-0.05, 0) is 31.0 Å². The summed E-state index contributed by atoms with van der Waals surface area (Å²) < 4.78 is 10.7. The van der Waals surface area contributed by atoms with Crippen molar-refractivity contribution in [1.29, 1.82) is 0 Å². The van der Waals surface area contributed by atoms with E-state index in [0.29, 0.717) is 24.5 Å². The zero-order valence-corrected chi connectivity index (χ0v) is 12.2. The minimum Gasteiger partial charge on any atom is -0.493 e. The largest absolute Gasteiger partial charge is 0.493 e. The maximum Gasteiger partial charge on any atom is 0.223 e. The van der Waals surface area contributed by atoms with Gasteiger partial charge in [-0.25, -0.2) is 0 Å². The number of carbonyl (C=O) groups excluding carboxylic acids is 1. The Morgan fingerprint density at radius 2 is 2.20 bits per heavy atom. The molecule has 0 radical (unpaired) electrons. The summed E-state index contributed by atoms with van der Waals surface area (Å²) in [6.45, 7) is 4.65. The first-order valence-corrected chi connectivity index (χ1v) is 6.63. The molecule has 4 nitrogen and oxygen atoms in total. The number of ether oxygens (including phenoxy) is 2. The minimum atomic E-state index is -0.0860. The van der Waals surface area contributed by atoms with E-state index in [9.17, 15) is 4.79 Å². The third kappa shape index (κ3) is 4.51. The monoisotopic (exact) mass is 275 g/mol. The van der Waals surface area contributed by atoms with Crippen molar-refractivity contribution in [2.45, 2.75) is 20.3 Å². The Morgan fingerprint density at radius 1 is 1.45 bits per heavy atom. The highest BCUT2D eigenvalue weighted by atomic mass is 16.5. The summed E-state index contributed by atoms with van der Waals surface area (Å²) in [5.41, 5.74) is 1.02. The maximum atomic E-state index is 11.7. The quantitative estimate of drug-likeness (QED) is 0.774. The van der Waals surface area contributed by atoms with Gasteiger partial charge in [0.05, 0.1) is 7.11 Å². The van der Waals surface area contributed by atoms with Crippen molar-refractivity contribution >= 4 is 5.91 Å². The fourth-order valence-electron chi connectivity index (χ4n) is 1.87. The lowest BCUT2D eigenvalue weighted by molar-refractivity contribution is -0.124. The molecule has 0 aliphatic carbocycles. The normalized spacial score (nSPS) is 11.3. The van der Waals surface area contributed by atoms with Gasteiger partial charge >= 0.3 is 0 Å². The predicted octanol–water partition coefficient (Wildman–Crippen LogP) is 2.02. The molecular formula is C16H21NO3. The van der Waals surface area contributed by atoms with E-state index < -0.39 is 0 Å². The van der Waals surface area contributed by atoms with Crippen LogP contribution in [0.25, 0.3) is 0 Å². The molecule has 20 heavy (non-hydrogen) atoms. The Hall–Kier alpha value is -2.15. The van der Waals surface area contributed by atoms with Gasteiger partial charge in [-0.1, -0.05) is 18.9 Å². The molecule has 1 unspecified atom stereocenters. The van der Waals surface area contributed by atoms with E-state index in [-0.39, 0.29) is 18.4 Å². The molecule has 0 heterocycles. The highest BCUT2D eigenvalue weighted by Gasteiger charge is 2.14. The van der Waals surface area contributed by atoms with E-state index in [4.69, 9.17) is 15.9 Å². The van der Waals surface area contributed by atoms with Gasteiger partial charge in [0, 0.05) is 12.5 Å². The molecule has 0 bridgehead atoms. The fourth-order valence-corrected chi connectivity index (χ4v) is 1.87. The molecule has 0 saturated carbocycles. The molecule has 108 valence electrons. The van der Waals surface area contributed by atoms with E-state index in [1.165, 1.54) is 0 Å². The lowest BCUT2D eigenvalue weighted by Crippen LogP contribution is -2.29. The van der Waals surface area contributed by atoms with Gasteiger partial charge in [0.2, 0.25) is 5.91 Å². The number of hydrogen-bond donors (Lipinski definition) is 1. The Bertz CT molecular complexity index is 491. The van der Waals surface area contributed by atoms with Crippen LogP contribution in [0.4, 0.5) is 0 Å². The number of nitrogens with one attached hydrogen (secondary N) is 1. The van der Waals surface area contributed by atoms with Gasteiger partial charge in [0.15, 0.2) is 11.5 Å². The summed E-state index contributed by atoms with van der Waals surface area (Å²) in [5, 5.41) is 2.82. The van der Waals surface area contributed by atoms with Crippen molar-refractivity contribution in [3.63, 3.8) is 0 Å². The van der Waals surface area contributed by atoms with E-state index in [1.807, 2.05) is 32.0 Å². The second kappa shape index (κ2) is 8.11. The summed E-state index contributed by atoms with van der Waals surface area (Å²) in [4.78, 5) is 11.7. The third-order valence-electron chi connectivity index (χ3n) is 2.88. The van der Waals surface area contributed by atoms with Crippen LogP contribution in [-0.4, -0.2) is 26.2 Å². The van der Waals surface area contributed by atoms with Crippen LogP contribution >= 0.6 is 0 Å². The second-order valence-corrected chi connectivity index (χ2v) is 4.48. The molecule has 1 rings (SSSR count). The number of terminal acetylenes is 1. The van der Waals surface area contributed by atoms with E-state index in [0.717, 1.165) is 5.56 Å². The summed E-state index contributed by atoms with van der Waals surface area (Å²) >= 11 is 0. The second-order valence-electron chi connectivity index (χ2n) is 4.48. The number of hydrogen-bond acceptors (Lipinski definition) is 3. The van der Waals surface area contributed by atoms with E-state index in [2.05, 4.69) is 11.2 Å². The predicted molar refractivity (Wildman–Crippen MR) is 78.9 cm³/mol. The van der Waals surface area contributed by atoms with Crippen molar-refractivity contribution in [3.05, 3.63) is 23.8 Å². The highest BCUT2D eigenvalue weighted by molar-refractivity contribution is 5.78. The van der Waals surface area contributed by atoms with E-state index in [1.54, 1.807) is 7.11 Å². The van der Waals surface area contributed by atoms with Crippen molar-refractivity contribution in [2.24, 2.45) is 5.92 Å². The van der Waals surface area contributed by atoms with Crippen LogP contribution in [0.1, 0.15) is 19.4 Å². The summed E-state index contributed by atoms with van der Waals surface area (Å²) in [6, 6.07) is 5.61. The van der Waals surface area contributed by atoms with Gasteiger partial charge in [0.1, 0.15) is 6.61 Å². The van der Waals surface area contributed by atoms with Gasteiger partial charge in [-0.15, -0.1) is 6.42 Å². The lowest BCUT2D eigenvalue weighted by Gasteiger charge is -2.14. The highest BCUT2D eigenvalue weighted by Crippen LogP contribution is 2.28. The summed E-state index contributed by atoms with van der Waals surface area (Å²) in [5.74, 6) is 3.62. The minimum absolute atomic E-state index is 0.0547. The van der Waals surface area contributed by atoms with Gasteiger partial charge in [0.25, 0.3) is 0 Å². The molecule has 0 aliphatic rings. The zero-order chi connectivity index (χ0) is 15.0. The zero-order valence-electron chi connectivity index (χ0n) is 12.2. The first kappa shape index (κ1) is 15.9. The van der Waals surface area contributed by atoms with Crippen molar-refractivity contribution < 1.29 is 14.3 Å². The number of amides is 1. The van der Waals surface area contributed by atoms with Crippen LogP contribution in [0.2, 0.25) is 0 Å². The van der Waals surface area contributed by atoms with Gasteiger partial charge < -0.3 is 14.8 Å². The maximum absolute atomic E-state index is 11.7. The molecule has 0 aromatic heterocycles. The topological polar surface area (TPSA) is 47.6 Å². The molecule has 0 fully saturated rings. The molecule has 0 saturated heterocycles. The van der Waals surface area contributed by atoms with Crippen LogP contribution in [0.5, 0.6) is 11.5 Å². The summed E-state index contributed by atoms with van der Waals surface area (Å²) in [7, 11) is 1.58. The molecule has 1 atom stereocenters. The molecule has 1 amide bonds. The Kier molecular flexibility index (Phi) is 6.45. The number of rotatable bonds is 7. The molecule has 0 aliphatic heterocycles. The smallest absolute Gasteiger partial charge is 0.223 e. The number of carbonyl (C=O) groups is 1. The van der Waals surface area contributed by atoms with Crippen molar-refractivity contribution in [1.82, 2.24) is 5.32 Å². The summed E-state index contributed by atoms with van der Waals surface area (Å²) in [6.07, 6.45) is 5.82. The number of benzene rings is 1. The average Bonchev–Trinajstić information content (AvgIpc) is 2.45. The lowest BCUT2D eigenvalue weighted by atomic mass is 10.00. The Morgan fingerprint density at radius 3 is 2.80 bits per heavy atom.